The van der Waals surface area contributed by atoms with E-state index in [1.807, 2.05) is 61.5 Å². The van der Waals surface area contributed by atoms with E-state index in [1.54, 1.807) is 77.7 Å². The van der Waals surface area contributed by atoms with Crippen molar-refractivity contribution >= 4 is 76.7 Å². The molecule has 5 N–H and O–H groups in total. The van der Waals surface area contributed by atoms with Gasteiger partial charge in [-0.3, -0.25) is 57.4 Å². The third kappa shape index (κ3) is 23.4. The minimum absolute atomic E-state index is 0.00574. The fraction of sp³-hybridized carbons (Fsp3) is 0.765. The molecule has 534 valence electrons. The number of aryl methyl sites for hydroxylation is 1. The minimum Gasteiger partial charge on any atom is -0.390 e. The third-order valence-electron chi connectivity index (χ3n) is 17.7. The molecule has 1 aliphatic heterocycles. The summed E-state index contributed by atoms with van der Waals surface area (Å²) in [5, 5.41) is 27.8. The number of nitrogens with one attached hydrogen (secondary N) is 4. The van der Waals surface area contributed by atoms with Crippen molar-refractivity contribution in [3.63, 3.8) is 0 Å². The van der Waals surface area contributed by atoms with Gasteiger partial charge in [0.05, 0.1) is 6.10 Å². The summed E-state index contributed by atoms with van der Waals surface area (Å²) in [7, 11) is 10.1. The van der Waals surface area contributed by atoms with Crippen LogP contribution in [0.3, 0.4) is 0 Å². The van der Waals surface area contributed by atoms with E-state index in [2.05, 4.69) is 26.4 Å². The Balaban J connectivity index is 3.10. The summed E-state index contributed by atoms with van der Waals surface area (Å²) >= 11 is 1.36. The third-order valence-corrected chi connectivity index (χ3v) is 18.7. The Kier molecular flexibility index (Phi) is 34.5. The van der Waals surface area contributed by atoms with Crippen LogP contribution in [0.4, 0.5) is 0 Å². The molecule has 0 spiro atoms. The molecule has 0 aromatic carbocycles. The van der Waals surface area contributed by atoms with Gasteiger partial charge in [0.2, 0.25) is 65.0 Å². The lowest BCUT2D eigenvalue weighted by molar-refractivity contribution is -0.157. The van der Waals surface area contributed by atoms with Gasteiger partial charge < -0.3 is 60.7 Å². The van der Waals surface area contributed by atoms with Gasteiger partial charge in [-0.05, 0) is 107 Å². The highest BCUT2D eigenvalue weighted by molar-refractivity contribution is 7.99. The standard InChI is InChI=1S/C68H119N13O12S/c1-25-27-29-45(15)57(82)56-61(86)72-48(26-2)63(88)78(22)53(38-94-33-32-81-31-28-30-69-81)66(91)74(18)50(35-40(5)6)60(85)73-54(43(11)12)67(92)75(19)49(34-39(3)4)59(84)70-46(16)58(83)71-47(17)62(87)76(20)51(36-41(7)8)64(89)77(21)52(37-42(9)10)65(90)79(23)55(44(13)14)68(93)80(56)24/h25,27-28,30-31,39-57,82H,26,29,32-38H2,1-24H3,(H,70,84)(H,71,83)(H,72,86)(H,73,85)/t45-,46-,47+,48-,49-,50+,51-,52-,53-,54-,55-,56-,57-/m1/s1. The van der Waals surface area contributed by atoms with E-state index in [-0.39, 0.29) is 61.5 Å². The van der Waals surface area contributed by atoms with Crippen LogP contribution < -0.4 is 21.3 Å². The van der Waals surface area contributed by atoms with Crippen LogP contribution in [0.1, 0.15) is 156 Å². The van der Waals surface area contributed by atoms with E-state index in [1.165, 1.54) is 104 Å². The van der Waals surface area contributed by atoms with Crippen LogP contribution in [0, 0.1) is 41.4 Å². The van der Waals surface area contributed by atoms with E-state index in [0.717, 1.165) is 4.90 Å². The Morgan fingerprint density at radius 1 is 0.500 bits per heavy atom. The second kappa shape index (κ2) is 38.8. The Morgan fingerprint density at radius 3 is 1.40 bits per heavy atom. The van der Waals surface area contributed by atoms with Crippen molar-refractivity contribution in [1.82, 2.24) is 65.3 Å². The summed E-state index contributed by atoms with van der Waals surface area (Å²) in [6.07, 6.45) is 6.36. The Hall–Kier alpha value is -6.57. The molecule has 25 nitrogen and oxygen atoms in total. The van der Waals surface area contributed by atoms with Crippen molar-refractivity contribution < 1.29 is 57.8 Å². The highest BCUT2D eigenvalue weighted by Crippen LogP contribution is 2.26. The van der Waals surface area contributed by atoms with Crippen LogP contribution in [0.25, 0.3) is 0 Å². The first-order chi connectivity index (χ1) is 43.7. The molecule has 26 heteroatoms. The zero-order valence-electron chi connectivity index (χ0n) is 61.1. The lowest BCUT2D eigenvalue weighted by Gasteiger charge is -2.41. The molecule has 1 saturated heterocycles. The second-order valence-corrected chi connectivity index (χ2v) is 29.3. The first-order valence-corrected chi connectivity index (χ1v) is 34.8. The molecule has 1 aromatic rings. The van der Waals surface area contributed by atoms with Crippen LogP contribution in [-0.2, 0) is 59.3 Å². The van der Waals surface area contributed by atoms with E-state index >= 15 is 28.8 Å². The largest absolute Gasteiger partial charge is 0.390 e. The minimum atomic E-state index is -1.64. The highest BCUT2D eigenvalue weighted by atomic mass is 32.2. The molecule has 0 saturated carbocycles. The van der Waals surface area contributed by atoms with Crippen LogP contribution in [0.2, 0.25) is 0 Å². The SMILES string of the molecule is CC=CC[C@@H](C)[C@@H](O)[C@@H]1C(=O)N[C@H](CC)C(=O)N(C)[C@H](CSCCn2cccn2)C(=O)N(C)[C@@H](CC(C)C)C(=O)N[C@H](C(C)C)C(=O)N(C)[C@H](CC(C)C)C(=O)N[C@H](C)C(=O)N[C@@H](C)C(=O)N(C)[C@H](CC(C)C)C(=O)N(C)[C@H](CC(C)C)C(=O)N(C)[C@H](C(C)C)C(=O)N1C. The molecule has 11 amide bonds. The number of hydrogen-bond donors (Lipinski definition) is 5. The monoisotopic (exact) mass is 1340 g/mol. The molecular weight excluding hydrogens is 1220 g/mol. The van der Waals surface area contributed by atoms with Crippen LogP contribution in [0.15, 0.2) is 30.6 Å². The summed E-state index contributed by atoms with van der Waals surface area (Å²) in [5.74, 6) is -9.41. The van der Waals surface area contributed by atoms with Gasteiger partial charge in [-0.15, -0.1) is 0 Å². The lowest BCUT2D eigenvalue weighted by Crippen LogP contribution is -2.64. The highest BCUT2D eigenvalue weighted by Gasteiger charge is 2.46. The van der Waals surface area contributed by atoms with Crippen LogP contribution in [-0.4, -0.2) is 248 Å². The van der Waals surface area contributed by atoms with Crippen molar-refractivity contribution in [2.24, 2.45) is 41.4 Å². The van der Waals surface area contributed by atoms with Gasteiger partial charge >= 0.3 is 0 Å². The molecule has 0 aliphatic carbocycles. The number of rotatable bonds is 20. The summed E-state index contributed by atoms with van der Waals surface area (Å²) in [5.41, 5.74) is 0. The predicted octanol–water partition coefficient (Wildman–Crippen LogP) is 4.27. The fourth-order valence-electron chi connectivity index (χ4n) is 11.8. The number of aliphatic hydroxyl groups is 1. The summed E-state index contributed by atoms with van der Waals surface area (Å²) in [6.45, 7) is 30.5. The van der Waals surface area contributed by atoms with E-state index in [0.29, 0.717) is 18.7 Å². The number of aromatic nitrogens is 2. The fourth-order valence-corrected chi connectivity index (χ4v) is 12.8. The number of carbonyl (C=O) groups excluding carboxylic acids is 11. The average molecular weight is 1340 g/mol. The maximum absolute atomic E-state index is 15.4. The molecule has 2 heterocycles. The Labute approximate surface area is 565 Å². The van der Waals surface area contributed by atoms with Gasteiger partial charge in [-0.25, -0.2) is 0 Å². The van der Waals surface area contributed by atoms with E-state index in [4.69, 9.17) is 0 Å². The summed E-state index contributed by atoms with van der Waals surface area (Å²) in [6, 6.07) is -12.1. The zero-order chi connectivity index (χ0) is 72.1. The topological polar surface area (TPSA) is 297 Å². The number of nitrogens with zero attached hydrogens (tertiary/aromatic N) is 9. The van der Waals surface area contributed by atoms with E-state index in [9.17, 15) is 29.1 Å². The number of allylic oxidation sites excluding steroid dienone is 2. The molecule has 1 fully saturated rings. The molecule has 0 bridgehead atoms. The van der Waals surface area contributed by atoms with Gasteiger partial charge in [-0.2, -0.15) is 16.9 Å². The lowest BCUT2D eigenvalue weighted by atomic mass is 9.91. The van der Waals surface area contributed by atoms with Gasteiger partial charge in [0.25, 0.3) is 0 Å². The first-order valence-electron chi connectivity index (χ1n) is 33.6. The normalized spacial score (nSPS) is 26.3. The number of hydrogen-bond acceptors (Lipinski definition) is 14. The molecule has 2 rings (SSSR count). The molecular formula is C68H119N13O12S. The molecule has 1 aromatic heterocycles. The second-order valence-electron chi connectivity index (χ2n) is 28.2. The van der Waals surface area contributed by atoms with E-state index < -0.39 is 155 Å². The van der Waals surface area contributed by atoms with Crippen molar-refractivity contribution in [2.45, 2.75) is 235 Å². The van der Waals surface area contributed by atoms with Gasteiger partial charge in [0.1, 0.15) is 66.5 Å². The first kappa shape index (κ1) is 83.5. The van der Waals surface area contributed by atoms with Gasteiger partial charge in [0, 0.05) is 79.8 Å². The van der Waals surface area contributed by atoms with Crippen molar-refractivity contribution in [2.75, 3.05) is 60.8 Å². The van der Waals surface area contributed by atoms with Crippen molar-refractivity contribution in [3.8, 4) is 0 Å². The Bertz CT molecular complexity index is 2710. The number of amides is 11. The summed E-state index contributed by atoms with van der Waals surface area (Å²) in [4.78, 5) is 173. The van der Waals surface area contributed by atoms with Crippen molar-refractivity contribution in [1.29, 1.82) is 0 Å². The molecule has 0 unspecified atom stereocenters. The number of thioether (sulfide) groups is 1. The number of likely N-dealkylation sites (N-methyl/N-ethyl adjacent to an activating group) is 7. The Morgan fingerprint density at radius 2 is 0.936 bits per heavy atom. The maximum Gasteiger partial charge on any atom is 0.246 e. The summed E-state index contributed by atoms with van der Waals surface area (Å²) < 4.78 is 1.72. The van der Waals surface area contributed by atoms with Gasteiger partial charge in [0.15, 0.2) is 0 Å². The van der Waals surface area contributed by atoms with Crippen molar-refractivity contribution in [3.05, 3.63) is 30.6 Å². The molecule has 0 radical (unpaired) electrons. The van der Waals surface area contributed by atoms with Gasteiger partial charge in [-0.1, -0.05) is 109 Å². The van der Waals surface area contributed by atoms with Crippen LogP contribution in [0.5, 0.6) is 0 Å². The zero-order valence-corrected chi connectivity index (χ0v) is 61.9. The quantitative estimate of drug-likeness (QED) is 0.0901. The van der Waals surface area contributed by atoms with Crippen LogP contribution >= 0.6 is 11.8 Å². The molecule has 94 heavy (non-hydrogen) atoms. The predicted molar refractivity (Wildman–Crippen MR) is 367 cm³/mol. The number of aliphatic hydroxyl groups excluding tert-OH is 1. The maximum atomic E-state index is 15.4. The number of carbonyl (C=O) groups is 11. The molecule has 1 aliphatic rings. The smallest absolute Gasteiger partial charge is 0.246 e. The molecule has 13 atom stereocenters. The average Bonchev–Trinajstić information content (AvgIpc) is 0.858.